The molecule has 6 heteroatoms. The van der Waals surface area contributed by atoms with E-state index in [-0.39, 0.29) is 11.8 Å². The van der Waals surface area contributed by atoms with E-state index < -0.39 is 0 Å². The molecule has 112 valence electrons. The second kappa shape index (κ2) is 6.36. The Morgan fingerprint density at radius 2 is 2.29 bits per heavy atom. The van der Waals surface area contributed by atoms with Gasteiger partial charge in [-0.2, -0.15) is 0 Å². The van der Waals surface area contributed by atoms with Gasteiger partial charge in [-0.1, -0.05) is 15.9 Å². The summed E-state index contributed by atoms with van der Waals surface area (Å²) in [6.45, 7) is 1.36. The maximum Gasteiger partial charge on any atom is 0.223 e. The molecule has 21 heavy (non-hydrogen) atoms. The van der Waals surface area contributed by atoms with Crippen molar-refractivity contribution in [1.82, 2.24) is 14.9 Å². The van der Waals surface area contributed by atoms with Crippen molar-refractivity contribution >= 4 is 44.5 Å². The Kier molecular flexibility index (Phi) is 4.50. The molecule has 1 N–H and O–H groups in total. The van der Waals surface area contributed by atoms with Crippen LogP contribution >= 0.6 is 27.5 Å². The van der Waals surface area contributed by atoms with E-state index in [1.165, 1.54) is 0 Å². The lowest BCUT2D eigenvalue weighted by atomic mass is 10.3. The zero-order valence-electron chi connectivity index (χ0n) is 11.6. The SMILES string of the molecule is O=C(NCCn1c(CCCl)nc2cc(Br)ccc21)C1CC1. The van der Waals surface area contributed by atoms with E-state index in [1.54, 1.807) is 0 Å². The third-order valence-electron chi connectivity index (χ3n) is 3.69. The number of aryl methyl sites for hydroxylation is 1. The van der Waals surface area contributed by atoms with Gasteiger partial charge in [-0.25, -0.2) is 4.98 Å². The fourth-order valence-corrected chi connectivity index (χ4v) is 2.98. The lowest BCUT2D eigenvalue weighted by molar-refractivity contribution is -0.122. The maximum atomic E-state index is 11.7. The zero-order valence-corrected chi connectivity index (χ0v) is 14.0. The van der Waals surface area contributed by atoms with Gasteiger partial charge in [0, 0.05) is 35.8 Å². The topological polar surface area (TPSA) is 46.9 Å². The molecule has 1 fully saturated rings. The van der Waals surface area contributed by atoms with Crippen molar-refractivity contribution in [2.24, 2.45) is 5.92 Å². The van der Waals surface area contributed by atoms with Crippen LogP contribution < -0.4 is 5.32 Å². The lowest BCUT2D eigenvalue weighted by Gasteiger charge is -2.09. The van der Waals surface area contributed by atoms with Gasteiger partial charge < -0.3 is 9.88 Å². The van der Waals surface area contributed by atoms with Crippen molar-refractivity contribution in [1.29, 1.82) is 0 Å². The van der Waals surface area contributed by atoms with Crippen LogP contribution in [-0.2, 0) is 17.8 Å². The highest BCUT2D eigenvalue weighted by Gasteiger charge is 2.29. The normalized spacial score (nSPS) is 14.6. The van der Waals surface area contributed by atoms with Crippen LogP contribution in [0.1, 0.15) is 18.7 Å². The zero-order chi connectivity index (χ0) is 14.8. The molecule has 1 aromatic heterocycles. The smallest absolute Gasteiger partial charge is 0.223 e. The Labute approximate surface area is 137 Å². The number of benzene rings is 1. The van der Waals surface area contributed by atoms with E-state index in [0.29, 0.717) is 12.4 Å². The van der Waals surface area contributed by atoms with Gasteiger partial charge in [0.2, 0.25) is 5.91 Å². The molecule has 1 saturated carbocycles. The maximum absolute atomic E-state index is 11.7. The van der Waals surface area contributed by atoms with Crippen LogP contribution in [0.3, 0.4) is 0 Å². The summed E-state index contributed by atoms with van der Waals surface area (Å²) in [5.74, 6) is 1.95. The average molecular weight is 371 g/mol. The first-order valence-electron chi connectivity index (χ1n) is 7.17. The molecule has 1 aliphatic rings. The van der Waals surface area contributed by atoms with E-state index in [2.05, 4.69) is 30.8 Å². The Balaban J connectivity index is 1.77. The Morgan fingerprint density at radius 3 is 3.00 bits per heavy atom. The number of fused-ring (bicyclic) bond motifs is 1. The minimum atomic E-state index is 0.182. The standard InChI is InChI=1S/C15H17BrClN3O/c16-11-3-4-13-12(9-11)19-14(5-6-17)20(13)8-7-18-15(21)10-1-2-10/h3-4,9-10H,1-2,5-8H2,(H,18,21). The van der Waals surface area contributed by atoms with Crippen LogP contribution in [0.4, 0.5) is 0 Å². The van der Waals surface area contributed by atoms with Crippen molar-refractivity contribution in [2.75, 3.05) is 12.4 Å². The van der Waals surface area contributed by atoms with Crippen LogP contribution in [0.2, 0.25) is 0 Å². The number of carbonyl (C=O) groups excluding carboxylic acids is 1. The van der Waals surface area contributed by atoms with Crippen molar-refractivity contribution < 1.29 is 4.79 Å². The summed E-state index contributed by atoms with van der Waals surface area (Å²) in [6, 6.07) is 6.06. The largest absolute Gasteiger partial charge is 0.354 e. The lowest BCUT2D eigenvalue weighted by Crippen LogP contribution is -2.28. The van der Waals surface area contributed by atoms with Gasteiger partial charge in [-0.15, -0.1) is 11.6 Å². The van der Waals surface area contributed by atoms with Gasteiger partial charge >= 0.3 is 0 Å². The van der Waals surface area contributed by atoms with Crippen LogP contribution in [0.25, 0.3) is 11.0 Å². The van der Waals surface area contributed by atoms with Crippen molar-refractivity contribution in [3.8, 4) is 0 Å². The Bertz CT molecular complexity index is 666. The molecule has 0 unspecified atom stereocenters. The highest BCUT2D eigenvalue weighted by atomic mass is 79.9. The second-order valence-corrected chi connectivity index (χ2v) is 6.61. The second-order valence-electron chi connectivity index (χ2n) is 5.32. The summed E-state index contributed by atoms with van der Waals surface area (Å²) >= 11 is 9.34. The first-order chi connectivity index (χ1) is 10.2. The van der Waals surface area contributed by atoms with Gasteiger partial charge in [0.1, 0.15) is 5.82 Å². The number of carbonyl (C=O) groups is 1. The first kappa shape index (κ1) is 14.9. The molecule has 0 bridgehead atoms. The average Bonchev–Trinajstić information content (AvgIpc) is 3.24. The summed E-state index contributed by atoms with van der Waals surface area (Å²) in [5.41, 5.74) is 2.04. The van der Waals surface area contributed by atoms with Crippen LogP contribution in [-0.4, -0.2) is 27.9 Å². The molecule has 0 spiro atoms. The van der Waals surface area contributed by atoms with E-state index in [0.717, 1.165) is 47.1 Å². The number of aromatic nitrogens is 2. The summed E-state index contributed by atoms with van der Waals surface area (Å²) in [7, 11) is 0. The monoisotopic (exact) mass is 369 g/mol. The number of imidazole rings is 1. The van der Waals surface area contributed by atoms with Gasteiger partial charge in [-0.3, -0.25) is 4.79 Å². The minimum Gasteiger partial charge on any atom is -0.354 e. The molecule has 0 saturated heterocycles. The fraction of sp³-hybridized carbons (Fsp3) is 0.467. The minimum absolute atomic E-state index is 0.182. The number of rotatable bonds is 6. The molecule has 1 aliphatic carbocycles. The highest BCUT2D eigenvalue weighted by Crippen LogP contribution is 2.28. The van der Waals surface area contributed by atoms with Crippen LogP contribution in [0, 0.1) is 5.92 Å². The summed E-state index contributed by atoms with van der Waals surface area (Å²) in [6.07, 6.45) is 2.79. The molecule has 0 aliphatic heterocycles. The molecule has 2 aromatic rings. The summed E-state index contributed by atoms with van der Waals surface area (Å²) in [4.78, 5) is 16.3. The predicted octanol–water partition coefficient (Wildman–Crippen LogP) is 3.11. The molecule has 1 heterocycles. The quantitative estimate of drug-likeness (QED) is 0.794. The molecular weight excluding hydrogens is 354 g/mol. The number of alkyl halides is 1. The van der Waals surface area contributed by atoms with Crippen LogP contribution in [0.5, 0.6) is 0 Å². The van der Waals surface area contributed by atoms with Gasteiger partial charge in [0.15, 0.2) is 0 Å². The predicted molar refractivity (Wildman–Crippen MR) is 87.6 cm³/mol. The van der Waals surface area contributed by atoms with E-state index in [4.69, 9.17) is 11.6 Å². The number of hydrogen-bond acceptors (Lipinski definition) is 2. The number of hydrogen-bond donors (Lipinski definition) is 1. The molecule has 3 rings (SSSR count). The van der Waals surface area contributed by atoms with Crippen molar-refractivity contribution in [3.05, 3.63) is 28.5 Å². The molecule has 0 radical (unpaired) electrons. The first-order valence-corrected chi connectivity index (χ1v) is 8.50. The Hall–Kier alpha value is -1.07. The van der Waals surface area contributed by atoms with E-state index in [9.17, 15) is 4.79 Å². The van der Waals surface area contributed by atoms with Crippen molar-refractivity contribution in [2.45, 2.75) is 25.8 Å². The van der Waals surface area contributed by atoms with E-state index >= 15 is 0 Å². The molecular formula is C15H17BrClN3O. The highest BCUT2D eigenvalue weighted by molar-refractivity contribution is 9.10. The van der Waals surface area contributed by atoms with Crippen LogP contribution in [0.15, 0.2) is 22.7 Å². The number of halogens is 2. The number of nitrogens with zero attached hydrogens (tertiary/aromatic N) is 2. The molecule has 0 atom stereocenters. The molecule has 1 amide bonds. The van der Waals surface area contributed by atoms with Gasteiger partial charge in [0.25, 0.3) is 0 Å². The van der Waals surface area contributed by atoms with Crippen molar-refractivity contribution in [3.63, 3.8) is 0 Å². The van der Waals surface area contributed by atoms with Gasteiger partial charge in [0.05, 0.1) is 11.0 Å². The Morgan fingerprint density at radius 1 is 1.48 bits per heavy atom. The summed E-state index contributed by atoms with van der Waals surface area (Å²) in [5, 5.41) is 3.00. The summed E-state index contributed by atoms with van der Waals surface area (Å²) < 4.78 is 3.16. The van der Waals surface area contributed by atoms with E-state index in [1.807, 2.05) is 18.2 Å². The third-order valence-corrected chi connectivity index (χ3v) is 4.37. The molecule has 1 aromatic carbocycles. The fourth-order valence-electron chi connectivity index (χ4n) is 2.46. The molecule has 4 nitrogen and oxygen atoms in total. The van der Waals surface area contributed by atoms with Gasteiger partial charge in [-0.05, 0) is 31.0 Å². The number of amides is 1. The third kappa shape index (κ3) is 3.40. The number of nitrogens with one attached hydrogen (secondary N) is 1.